The summed E-state index contributed by atoms with van der Waals surface area (Å²) in [6, 6.07) is 7.39. The van der Waals surface area contributed by atoms with Gasteiger partial charge >= 0.3 is 0 Å². The summed E-state index contributed by atoms with van der Waals surface area (Å²) in [7, 11) is 0. The summed E-state index contributed by atoms with van der Waals surface area (Å²) in [6.07, 6.45) is 3.33. The Morgan fingerprint density at radius 3 is 2.81 bits per heavy atom. The lowest BCUT2D eigenvalue weighted by atomic mass is 10.2. The van der Waals surface area contributed by atoms with Crippen molar-refractivity contribution in [2.75, 3.05) is 0 Å². The third-order valence-electron chi connectivity index (χ3n) is 2.13. The number of rotatable bonds is 4. The van der Waals surface area contributed by atoms with Crippen LogP contribution in [-0.2, 0) is 0 Å². The molecule has 1 unspecified atom stereocenters. The van der Waals surface area contributed by atoms with E-state index in [1.807, 2.05) is 18.2 Å². The molecule has 86 valence electrons. The maximum Gasteiger partial charge on any atom is 0.129 e. The molecular weight excluding hydrogens is 216 g/mol. The minimum Gasteiger partial charge on any atom is -0.507 e. The number of aromatic hydroxyl groups is 1. The quantitative estimate of drug-likeness (QED) is 0.481. The molecule has 0 aliphatic heterocycles. The normalized spacial score (nSPS) is 11.6. The second-order valence-corrected chi connectivity index (χ2v) is 5.04. The summed E-state index contributed by atoms with van der Waals surface area (Å²) in [4.78, 5) is 0.903. The number of phenolic OH excluding ortho intramolecular Hbond substituents is 1. The Balaban J connectivity index is 2.47. The number of hydrogen-bond donors (Lipinski definition) is 1. The van der Waals surface area contributed by atoms with Crippen LogP contribution >= 0.6 is 11.8 Å². The van der Waals surface area contributed by atoms with Crippen molar-refractivity contribution in [3.8, 4) is 17.6 Å². The summed E-state index contributed by atoms with van der Waals surface area (Å²) in [6.45, 7) is 4.23. The van der Waals surface area contributed by atoms with Gasteiger partial charge in [0, 0.05) is 6.42 Å². The Labute approximate surface area is 102 Å². The zero-order chi connectivity index (χ0) is 11.8. The third kappa shape index (κ3) is 4.63. The van der Waals surface area contributed by atoms with Gasteiger partial charge in [0.1, 0.15) is 5.75 Å². The summed E-state index contributed by atoms with van der Waals surface area (Å²) < 4.78 is 0. The monoisotopic (exact) mass is 234 g/mol. The van der Waals surface area contributed by atoms with Crippen LogP contribution < -0.4 is 0 Å². The number of thioether (sulfide) groups is 1. The fraction of sp³-hybridized carbons (Fsp3) is 0.429. The van der Waals surface area contributed by atoms with E-state index in [9.17, 15) is 5.11 Å². The van der Waals surface area contributed by atoms with Gasteiger partial charge in [-0.1, -0.05) is 31.4 Å². The minimum absolute atomic E-state index is 0.227. The predicted octanol–water partition coefficient (Wildman–Crippen LogP) is 4.07. The molecule has 0 fully saturated rings. The molecule has 0 aliphatic rings. The second-order valence-electron chi connectivity index (χ2n) is 3.65. The zero-order valence-corrected chi connectivity index (χ0v) is 10.7. The minimum atomic E-state index is 0.227. The highest BCUT2D eigenvalue weighted by atomic mass is 32.2. The van der Waals surface area contributed by atoms with Crippen molar-refractivity contribution in [3.63, 3.8) is 0 Å². The van der Waals surface area contributed by atoms with E-state index in [0.717, 1.165) is 11.3 Å². The summed E-state index contributed by atoms with van der Waals surface area (Å²) >= 11 is 1.60. The Bertz CT molecular complexity index is 376. The fourth-order valence-electron chi connectivity index (χ4n) is 1.26. The van der Waals surface area contributed by atoms with Crippen LogP contribution in [-0.4, -0.2) is 10.4 Å². The maximum atomic E-state index is 9.60. The van der Waals surface area contributed by atoms with Crippen molar-refractivity contribution >= 4 is 11.8 Å². The number of para-hydroxylation sites is 1. The van der Waals surface area contributed by atoms with Gasteiger partial charge in [-0.3, -0.25) is 0 Å². The molecule has 1 aromatic rings. The molecule has 1 atom stereocenters. The first-order valence-electron chi connectivity index (χ1n) is 5.67. The van der Waals surface area contributed by atoms with Crippen LogP contribution in [0.15, 0.2) is 29.2 Å². The average molecular weight is 234 g/mol. The first kappa shape index (κ1) is 13.0. The summed E-state index contributed by atoms with van der Waals surface area (Å²) in [5.74, 6) is 6.71. The Hall–Kier alpha value is -1.07. The van der Waals surface area contributed by atoms with Gasteiger partial charge in [-0.2, -0.15) is 0 Å². The van der Waals surface area contributed by atoms with Crippen molar-refractivity contribution < 1.29 is 5.11 Å². The number of unbranched alkanes of at least 4 members (excludes halogenated alkanes) is 2. The van der Waals surface area contributed by atoms with Gasteiger partial charge in [0.15, 0.2) is 0 Å². The topological polar surface area (TPSA) is 20.2 Å². The highest BCUT2D eigenvalue weighted by Gasteiger charge is 2.04. The Kier molecular flexibility index (Phi) is 5.88. The molecule has 0 heterocycles. The number of phenols is 1. The molecule has 16 heavy (non-hydrogen) atoms. The van der Waals surface area contributed by atoms with Crippen molar-refractivity contribution in [1.29, 1.82) is 0 Å². The molecule has 0 saturated heterocycles. The van der Waals surface area contributed by atoms with Crippen LogP contribution in [0.3, 0.4) is 0 Å². The Morgan fingerprint density at radius 2 is 2.12 bits per heavy atom. The van der Waals surface area contributed by atoms with E-state index in [0.29, 0.717) is 5.75 Å². The summed E-state index contributed by atoms with van der Waals surface area (Å²) in [5.41, 5.74) is 0. The van der Waals surface area contributed by atoms with E-state index in [1.165, 1.54) is 12.8 Å². The van der Waals surface area contributed by atoms with Gasteiger partial charge in [0.2, 0.25) is 0 Å². The van der Waals surface area contributed by atoms with Crippen LogP contribution in [0.1, 0.15) is 33.1 Å². The first-order chi connectivity index (χ1) is 7.74. The molecule has 1 nitrogen and oxygen atoms in total. The van der Waals surface area contributed by atoms with Gasteiger partial charge in [-0.25, -0.2) is 0 Å². The van der Waals surface area contributed by atoms with Gasteiger partial charge in [-0.05, 0) is 25.5 Å². The SMILES string of the molecule is CCCCC#CC(C)Sc1ccccc1O. The van der Waals surface area contributed by atoms with E-state index < -0.39 is 0 Å². The van der Waals surface area contributed by atoms with Crippen LogP contribution in [0.25, 0.3) is 0 Å². The van der Waals surface area contributed by atoms with Gasteiger partial charge in [-0.15, -0.1) is 17.7 Å². The standard InChI is InChI=1S/C14H18OS/c1-3-4-5-6-9-12(2)16-14-11-8-7-10-13(14)15/h7-8,10-12,15H,3-5H2,1-2H3. The van der Waals surface area contributed by atoms with E-state index in [1.54, 1.807) is 17.8 Å². The van der Waals surface area contributed by atoms with Gasteiger partial charge < -0.3 is 5.11 Å². The van der Waals surface area contributed by atoms with E-state index in [2.05, 4.69) is 25.7 Å². The smallest absolute Gasteiger partial charge is 0.129 e. The molecular formula is C14H18OS. The molecule has 0 aliphatic carbocycles. The molecule has 0 spiro atoms. The fourth-order valence-corrected chi connectivity index (χ4v) is 2.13. The zero-order valence-electron chi connectivity index (χ0n) is 9.86. The van der Waals surface area contributed by atoms with E-state index in [4.69, 9.17) is 0 Å². The van der Waals surface area contributed by atoms with Gasteiger partial charge in [0.05, 0.1) is 10.1 Å². The summed E-state index contributed by atoms with van der Waals surface area (Å²) in [5, 5.41) is 9.83. The lowest BCUT2D eigenvalue weighted by molar-refractivity contribution is 0.462. The predicted molar refractivity (Wildman–Crippen MR) is 70.7 cm³/mol. The molecule has 0 aromatic heterocycles. The van der Waals surface area contributed by atoms with Gasteiger partial charge in [0.25, 0.3) is 0 Å². The molecule has 2 heteroatoms. The van der Waals surface area contributed by atoms with Crippen molar-refractivity contribution in [2.45, 2.75) is 43.3 Å². The first-order valence-corrected chi connectivity index (χ1v) is 6.55. The lowest BCUT2D eigenvalue weighted by Crippen LogP contribution is -1.90. The highest BCUT2D eigenvalue weighted by Crippen LogP contribution is 2.30. The third-order valence-corrected chi connectivity index (χ3v) is 3.20. The molecule has 1 rings (SSSR count). The van der Waals surface area contributed by atoms with E-state index in [-0.39, 0.29) is 5.25 Å². The van der Waals surface area contributed by atoms with Crippen LogP contribution in [0.4, 0.5) is 0 Å². The highest BCUT2D eigenvalue weighted by molar-refractivity contribution is 8.00. The molecule has 0 radical (unpaired) electrons. The molecule has 0 saturated carbocycles. The molecule has 1 N–H and O–H groups in total. The van der Waals surface area contributed by atoms with Crippen molar-refractivity contribution in [1.82, 2.24) is 0 Å². The van der Waals surface area contributed by atoms with Crippen LogP contribution in [0.2, 0.25) is 0 Å². The molecule has 1 aromatic carbocycles. The average Bonchev–Trinajstić information content (AvgIpc) is 2.28. The molecule has 0 amide bonds. The lowest BCUT2D eigenvalue weighted by Gasteiger charge is -2.05. The largest absolute Gasteiger partial charge is 0.507 e. The Morgan fingerprint density at radius 1 is 1.38 bits per heavy atom. The maximum absolute atomic E-state index is 9.60. The number of benzene rings is 1. The number of hydrogen-bond acceptors (Lipinski definition) is 2. The molecule has 0 bridgehead atoms. The van der Waals surface area contributed by atoms with Crippen LogP contribution in [0.5, 0.6) is 5.75 Å². The van der Waals surface area contributed by atoms with E-state index >= 15 is 0 Å². The van der Waals surface area contributed by atoms with Crippen LogP contribution in [0, 0.1) is 11.8 Å². The van der Waals surface area contributed by atoms with Crippen molar-refractivity contribution in [2.24, 2.45) is 0 Å². The van der Waals surface area contributed by atoms with Crippen molar-refractivity contribution in [3.05, 3.63) is 24.3 Å². The second kappa shape index (κ2) is 7.24.